The van der Waals surface area contributed by atoms with E-state index in [1.807, 2.05) is 36.9 Å². The van der Waals surface area contributed by atoms with Gasteiger partial charge >= 0.3 is 0 Å². The molecule has 37 heavy (non-hydrogen) atoms. The molecule has 0 radical (unpaired) electrons. The number of thiophene rings is 1. The van der Waals surface area contributed by atoms with Crippen molar-refractivity contribution in [2.24, 2.45) is 0 Å². The molecule has 0 N–H and O–H groups in total. The molecule has 0 atom stereocenters. The van der Waals surface area contributed by atoms with Gasteiger partial charge in [0.2, 0.25) is 5.91 Å². The molecule has 2 aromatic carbocycles. The average Bonchev–Trinajstić information content (AvgIpc) is 3.33. The highest BCUT2D eigenvalue weighted by atomic mass is 32.1. The summed E-state index contributed by atoms with van der Waals surface area (Å²) in [4.78, 5) is 32.7. The summed E-state index contributed by atoms with van der Waals surface area (Å²) in [5.74, 6) is 1.72. The molecule has 0 aliphatic carbocycles. The molecular weight excluding hydrogens is 488 g/mol. The molecule has 2 amide bonds. The number of ether oxygens (including phenoxy) is 3. The number of hydrogen-bond acceptors (Lipinski definition) is 6. The van der Waals surface area contributed by atoms with Crippen LogP contribution in [-0.4, -0.2) is 62.1 Å². The maximum atomic E-state index is 13.6. The highest BCUT2D eigenvalue weighted by Crippen LogP contribution is 2.28. The normalized spacial score (nSPS) is 10.8. The number of amides is 2. The Morgan fingerprint density at radius 2 is 1.59 bits per heavy atom. The number of rotatable bonds is 12. The number of hydrogen-bond donors (Lipinski definition) is 0. The fraction of sp³-hybridized carbons (Fsp3) is 0.379. The van der Waals surface area contributed by atoms with Crippen LogP contribution in [0.25, 0.3) is 0 Å². The van der Waals surface area contributed by atoms with Gasteiger partial charge in [-0.3, -0.25) is 9.59 Å². The van der Waals surface area contributed by atoms with Gasteiger partial charge in [0.25, 0.3) is 5.91 Å². The van der Waals surface area contributed by atoms with Crippen molar-refractivity contribution in [3.63, 3.8) is 0 Å². The summed E-state index contributed by atoms with van der Waals surface area (Å²) in [6.07, 6.45) is 0.643. The Bertz CT molecular complexity index is 1190. The number of carbonyl (C=O) groups is 2. The largest absolute Gasteiger partial charge is 0.497 e. The number of benzene rings is 2. The number of aryl methyl sites for hydroxylation is 1. The summed E-state index contributed by atoms with van der Waals surface area (Å²) < 4.78 is 16.0. The smallest absolute Gasteiger partial charge is 0.254 e. The van der Waals surface area contributed by atoms with Crippen LogP contribution in [0.5, 0.6) is 17.2 Å². The molecule has 1 heterocycles. The second-order valence-electron chi connectivity index (χ2n) is 9.02. The van der Waals surface area contributed by atoms with Crippen molar-refractivity contribution in [2.75, 3.05) is 34.4 Å². The lowest BCUT2D eigenvalue weighted by molar-refractivity contribution is -0.132. The zero-order valence-corrected chi connectivity index (χ0v) is 23.3. The average molecular weight is 525 g/mol. The van der Waals surface area contributed by atoms with E-state index < -0.39 is 0 Å². The zero-order chi connectivity index (χ0) is 26.9. The van der Waals surface area contributed by atoms with E-state index in [2.05, 4.69) is 19.1 Å². The topological polar surface area (TPSA) is 68.3 Å². The van der Waals surface area contributed by atoms with E-state index >= 15 is 0 Å². The fourth-order valence-corrected chi connectivity index (χ4v) is 4.89. The Kier molecular flexibility index (Phi) is 9.97. The highest BCUT2D eigenvalue weighted by Gasteiger charge is 2.25. The van der Waals surface area contributed by atoms with Gasteiger partial charge in [0.05, 0.1) is 27.9 Å². The van der Waals surface area contributed by atoms with Crippen LogP contribution < -0.4 is 14.2 Å². The second-order valence-corrected chi connectivity index (χ2v) is 10.4. The van der Waals surface area contributed by atoms with E-state index in [4.69, 9.17) is 14.2 Å². The van der Waals surface area contributed by atoms with Crippen molar-refractivity contribution in [3.05, 3.63) is 75.5 Å². The zero-order valence-electron chi connectivity index (χ0n) is 22.4. The van der Waals surface area contributed by atoms with Crippen LogP contribution >= 0.6 is 11.3 Å². The van der Waals surface area contributed by atoms with Crippen LogP contribution in [-0.2, 0) is 17.8 Å². The van der Waals surface area contributed by atoms with Gasteiger partial charge in [-0.05, 0) is 81.3 Å². The predicted octanol–water partition coefficient (Wildman–Crippen LogP) is 5.20. The lowest BCUT2D eigenvalue weighted by Gasteiger charge is -2.30. The molecule has 7 nitrogen and oxygen atoms in total. The quantitative estimate of drug-likeness (QED) is 0.326. The van der Waals surface area contributed by atoms with Gasteiger partial charge in [-0.25, -0.2) is 0 Å². The van der Waals surface area contributed by atoms with Crippen LogP contribution in [0.15, 0.2) is 54.6 Å². The first-order valence-corrected chi connectivity index (χ1v) is 13.1. The Labute approximate surface area is 223 Å². The van der Waals surface area contributed by atoms with E-state index in [1.165, 1.54) is 4.88 Å². The van der Waals surface area contributed by atoms with Crippen LogP contribution in [0.3, 0.4) is 0 Å². The van der Waals surface area contributed by atoms with Gasteiger partial charge in [-0.1, -0.05) is 6.07 Å². The van der Waals surface area contributed by atoms with Gasteiger partial charge in [0, 0.05) is 27.9 Å². The first kappa shape index (κ1) is 28.1. The molecule has 0 saturated heterocycles. The van der Waals surface area contributed by atoms with Gasteiger partial charge in [-0.2, -0.15) is 0 Å². The van der Waals surface area contributed by atoms with Crippen LogP contribution in [0.4, 0.5) is 0 Å². The summed E-state index contributed by atoms with van der Waals surface area (Å²) in [7, 11) is 4.80. The number of carbonyl (C=O) groups excluding carboxylic acids is 2. The summed E-state index contributed by atoms with van der Waals surface area (Å²) in [5, 5.41) is 0. The Morgan fingerprint density at radius 1 is 0.892 bits per heavy atom. The Balaban J connectivity index is 1.78. The molecule has 0 aliphatic heterocycles. The minimum absolute atomic E-state index is 0.00117. The van der Waals surface area contributed by atoms with Crippen molar-refractivity contribution < 1.29 is 23.8 Å². The minimum Gasteiger partial charge on any atom is -0.497 e. The van der Waals surface area contributed by atoms with Gasteiger partial charge in [0.1, 0.15) is 12.3 Å². The molecule has 0 spiro atoms. The SMILES string of the molecule is COc1ccc(C(=O)N(CC(=O)N(CCc2ccc(OC)c(OC)c2)Cc2ccc(C)s2)C(C)C)cc1. The molecule has 1 aromatic heterocycles. The molecule has 3 aromatic rings. The lowest BCUT2D eigenvalue weighted by atomic mass is 10.1. The second kappa shape index (κ2) is 13.1. The third-order valence-electron chi connectivity index (χ3n) is 6.14. The van der Waals surface area contributed by atoms with Crippen molar-refractivity contribution in [3.8, 4) is 17.2 Å². The lowest BCUT2D eigenvalue weighted by Crippen LogP contribution is -2.46. The summed E-state index contributed by atoms with van der Waals surface area (Å²) in [6.45, 7) is 6.90. The number of methoxy groups -OCH3 is 3. The maximum Gasteiger partial charge on any atom is 0.254 e. The summed E-state index contributed by atoms with van der Waals surface area (Å²) in [5.41, 5.74) is 1.56. The third kappa shape index (κ3) is 7.49. The van der Waals surface area contributed by atoms with E-state index in [1.54, 1.807) is 61.8 Å². The monoisotopic (exact) mass is 524 g/mol. The van der Waals surface area contributed by atoms with E-state index in [0.29, 0.717) is 42.3 Å². The maximum absolute atomic E-state index is 13.6. The molecule has 0 saturated carbocycles. The molecule has 3 rings (SSSR count). The molecule has 198 valence electrons. The summed E-state index contributed by atoms with van der Waals surface area (Å²) in [6, 6.07) is 16.7. The van der Waals surface area contributed by atoms with Gasteiger partial charge < -0.3 is 24.0 Å². The standard InChI is InChI=1S/C29H36N2O5S/c1-20(2)31(29(33)23-9-11-24(34-4)12-10-23)19-28(32)30(18-25-13-7-21(3)37-25)16-15-22-8-14-26(35-5)27(17-22)36-6/h7-14,17,20H,15-16,18-19H2,1-6H3. The summed E-state index contributed by atoms with van der Waals surface area (Å²) >= 11 is 1.68. The first-order chi connectivity index (χ1) is 17.7. The third-order valence-corrected chi connectivity index (χ3v) is 7.13. The van der Waals surface area contributed by atoms with Crippen LogP contribution in [0.1, 0.15) is 39.5 Å². The molecular formula is C29H36N2O5S. The first-order valence-electron chi connectivity index (χ1n) is 12.2. The predicted molar refractivity (Wildman–Crippen MR) is 147 cm³/mol. The molecule has 0 fully saturated rings. The van der Waals surface area contributed by atoms with Crippen molar-refractivity contribution in [1.82, 2.24) is 9.80 Å². The van der Waals surface area contributed by atoms with E-state index in [-0.39, 0.29) is 24.4 Å². The van der Waals surface area contributed by atoms with Crippen molar-refractivity contribution in [2.45, 2.75) is 39.8 Å². The van der Waals surface area contributed by atoms with Gasteiger partial charge in [0.15, 0.2) is 11.5 Å². The molecule has 0 aliphatic rings. The molecule has 0 bridgehead atoms. The minimum atomic E-state index is -0.183. The van der Waals surface area contributed by atoms with Crippen LogP contribution in [0, 0.1) is 6.92 Å². The van der Waals surface area contributed by atoms with E-state index in [9.17, 15) is 9.59 Å². The van der Waals surface area contributed by atoms with Crippen LogP contribution in [0.2, 0.25) is 0 Å². The van der Waals surface area contributed by atoms with Gasteiger partial charge in [-0.15, -0.1) is 11.3 Å². The fourth-order valence-electron chi connectivity index (χ4n) is 3.98. The molecule has 0 unspecified atom stereocenters. The van der Waals surface area contributed by atoms with E-state index in [0.717, 1.165) is 10.4 Å². The molecule has 8 heteroatoms. The number of nitrogens with zero attached hydrogens (tertiary/aromatic N) is 2. The Hall–Kier alpha value is -3.52. The Morgan fingerprint density at radius 3 is 2.16 bits per heavy atom. The van der Waals surface area contributed by atoms with Crippen molar-refractivity contribution >= 4 is 23.2 Å². The van der Waals surface area contributed by atoms with Crippen molar-refractivity contribution in [1.29, 1.82) is 0 Å². The highest BCUT2D eigenvalue weighted by molar-refractivity contribution is 7.11.